The Labute approximate surface area is 132 Å². The Bertz CT molecular complexity index is 359. The summed E-state index contributed by atoms with van der Waals surface area (Å²) in [6.45, 7) is 4.79. The van der Waals surface area contributed by atoms with Crippen molar-refractivity contribution in [2.75, 3.05) is 31.2 Å². The number of amides is 1. The van der Waals surface area contributed by atoms with Crippen molar-refractivity contribution in [1.29, 1.82) is 0 Å². The maximum atomic E-state index is 13.3. The lowest BCUT2D eigenvalue weighted by Gasteiger charge is -2.38. The highest BCUT2D eigenvalue weighted by molar-refractivity contribution is 7.99. The van der Waals surface area contributed by atoms with Gasteiger partial charge in [0.25, 0.3) is 0 Å². The molecular weight excluding hydrogens is 284 g/mol. The molecule has 1 amide bonds. The van der Waals surface area contributed by atoms with Crippen LogP contribution in [0.3, 0.4) is 0 Å². The molecule has 4 nitrogen and oxygen atoms in total. The molecule has 0 saturated carbocycles. The lowest BCUT2D eigenvalue weighted by atomic mass is 9.91. The van der Waals surface area contributed by atoms with E-state index in [9.17, 15) is 4.79 Å². The van der Waals surface area contributed by atoms with Crippen molar-refractivity contribution in [3.05, 3.63) is 0 Å². The first-order valence-electron chi connectivity index (χ1n) is 8.50. The topological polar surface area (TPSA) is 41.6 Å². The maximum Gasteiger partial charge on any atom is 0.243 e. The Hall–Kier alpha value is -0.260. The van der Waals surface area contributed by atoms with E-state index in [1.165, 1.54) is 5.75 Å². The molecule has 5 heteroatoms. The van der Waals surface area contributed by atoms with Crippen LogP contribution in [-0.4, -0.2) is 59.7 Å². The third-order valence-electron chi connectivity index (χ3n) is 5.29. The molecule has 0 radical (unpaired) electrons. The van der Waals surface area contributed by atoms with E-state index in [4.69, 9.17) is 4.74 Å². The first-order chi connectivity index (χ1) is 10.2. The standard InChI is InChI=1S/C16H28N2O2S/c1-2-16(7-4-8-17-16)15(19)18(13-6-10-21-12-13)11-14-5-3-9-20-14/h13-14,17H,2-12H2,1H3. The minimum absolute atomic E-state index is 0.259. The van der Waals surface area contributed by atoms with Crippen molar-refractivity contribution in [2.45, 2.75) is 63.1 Å². The zero-order chi connectivity index (χ0) is 14.7. The van der Waals surface area contributed by atoms with Crippen LogP contribution in [0.25, 0.3) is 0 Å². The SMILES string of the molecule is CCC1(C(=O)N(CC2CCCO2)C2CCSC2)CCCN1. The number of hydrogen-bond donors (Lipinski definition) is 1. The van der Waals surface area contributed by atoms with E-state index in [1.54, 1.807) is 0 Å². The van der Waals surface area contributed by atoms with E-state index >= 15 is 0 Å². The zero-order valence-corrected chi connectivity index (χ0v) is 13.9. The number of nitrogens with one attached hydrogen (secondary N) is 1. The van der Waals surface area contributed by atoms with Crippen LogP contribution in [0.2, 0.25) is 0 Å². The highest BCUT2D eigenvalue weighted by atomic mass is 32.2. The van der Waals surface area contributed by atoms with Gasteiger partial charge in [0.2, 0.25) is 5.91 Å². The lowest BCUT2D eigenvalue weighted by molar-refractivity contribution is -0.141. The van der Waals surface area contributed by atoms with Gasteiger partial charge in [0, 0.05) is 24.9 Å². The molecule has 120 valence electrons. The van der Waals surface area contributed by atoms with Gasteiger partial charge >= 0.3 is 0 Å². The molecule has 0 aliphatic carbocycles. The third-order valence-corrected chi connectivity index (χ3v) is 6.43. The van der Waals surface area contributed by atoms with E-state index < -0.39 is 0 Å². The molecule has 0 spiro atoms. The van der Waals surface area contributed by atoms with Gasteiger partial charge in [-0.3, -0.25) is 4.79 Å². The van der Waals surface area contributed by atoms with Gasteiger partial charge in [0.05, 0.1) is 11.6 Å². The van der Waals surface area contributed by atoms with Crippen molar-refractivity contribution in [3.8, 4) is 0 Å². The predicted molar refractivity (Wildman–Crippen MR) is 86.7 cm³/mol. The summed E-state index contributed by atoms with van der Waals surface area (Å²) in [7, 11) is 0. The summed E-state index contributed by atoms with van der Waals surface area (Å²) >= 11 is 1.98. The fourth-order valence-corrected chi connectivity index (χ4v) is 5.11. The quantitative estimate of drug-likeness (QED) is 0.843. The number of thioether (sulfide) groups is 1. The highest BCUT2D eigenvalue weighted by Crippen LogP contribution is 2.31. The van der Waals surface area contributed by atoms with Crippen LogP contribution < -0.4 is 5.32 Å². The summed E-state index contributed by atoms with van der Waals surface area (Å²) < 4.78 is 5.80. The van der Waals surface area contributed by atoms with E-state index in [0.29, 0.717) is 11.9 Å². The number of ether oxygens (including phenoxy) is 1. The smallest absolute Gasteiger partial charge is 0.243 e. The maximum absolute atomic E-state index is 13.3. The molecule has 3 heterocycles. The third kappa shape index (κ3) is 3.25. The molecule has 3 atom stereocenters. The Balaban J connectivity index is 1.74. The first kappa shape index (κ1) is 15.6. The van der Waals surface area contributed by atoms with Crippen LogP contribution in [0.5, 0.6) is 0 Å². The fraction of sp³-hybridized carbons (Fsp3) is 0.938. The molecule has 0 aromatic carbocycles. The largest absolute Gasteiger partial charge is 0.376 e. The molecule has 3 unspecified atom stereocenters. The summed E-state index contributed by atoms with van der Waals surface area (Å²) in [6.07, 6.45) is 6.66. The second-order valence-electron chi connectivity index (χ2n) is 6.58. The molecule has 0 aromatic rings. The number of rotatable bonds is 5. The van der Waals surface area contributed by atoms with Crippen molar-refractivity contribution < 1.29 is 9.53 Å². The van der Waals surface area contributed by atoms with Gasteiger partial charge < -0.3 is 15.0 Å². The summed E-state index contributed by atoms with van der Waals surface area (Å²) in [4.78, 5) is 15.5. The monoisotopic (exact) mass is 312 g/mol. The van der Waals surface area contributed by atoms with Gasteiger partial charge in [-0.1, -0.05) is 6.92 Å². The Morgan fingerprint density at radius 3 is 2.90 bits per heavy atom. The molecule has 3 aliphatic heterocycles. The molecule has 21 heavy (non-hydrogen) atoms. The molecule has 3 fully saturated rings. The van der Waals surface area contributed by atoms with Crippen LogP contribution in [0.15, 0.2) is 0 Å². The average molecular weight is 312 g/mol. The minimum Gasteiger partial charge on any atom is -0.376 e. The number of carbonyl (C=O) groups is 1. The molecule has 3 aliphatic rings. The first-order valence-corrected chi connectivity index (χ1v) is 9.66. The lowest BCUT2D eigenvalue weighted by Crippen LogP contribution is -2.58. The second kappa shape index (κ2) is 6.88. The van der Waals surface area contributed by atoms with E-state index in [0.717, 1.165) is 64.0 Å². The summed E-state index contributed by atoms with van der Waals surface area (Å²) in [6, 6.07) is 0.414. The van der Waals surface area contributed by atoms with Crippen LogP contribution >= 0.6 is 11.8 Å². The van der Waals surface area contributed by atoms with Crippen LogP contribution in [0, 0.1) is 0 Å². The fourth-order valence-electron chi connectivity index (χ4n) is 3.89. The molecule has 3 saturated heterocycles. The Morgan fingerprint density at radius 1 is 1.43 bits per heavy atom. The summed E-state index contributed by atoms with van der Waals surface area (Å²) in [5, 5.41) is 3.51. The van der Waals surface area contributed by atoms with Crippen LogP contribution in [0.4, 0.5) is 0 Å². The van der Waals surface area contributed by atoms with E-state index in [2.05, 4.69) is 17.1 Å². The van der Waals surface area contributed by atoms with Gasteiger partial charge in [-0.25, -0.2) is 0 Å². The number of nitrogens with zero attached hydrogens (tertiary/aromatic N) is 1. The average Bonchev–Trinajstić information content (AvgIpc) is 3.26. The second-order valence-corrected chi connectivity index (χ2v) is 7.73. The van der Waals surface area contributed by atoms with Crippen LogP contribution in [-0.2, 0) is 9.53 Å². The highest BCUT2D eigenvalue weighted by Gasteiger charge is 2.44. The summed E-state index contributed by atoms with van der Waals surface area (Å²) in [5.74, 6) is 2.62. The molecule has 3 rings (SSSR count). The molecule has 1 N–H and O–H groups in total. The van der Waals surface area contributed by atoms with Crippen LogP contribution in [0.1, 0.15) is 45.4 Å². The van der Waals surface area contributed by atoms with Crippen molar-refractivity contribution in [1.82, 2.24) is 10.2 Å². The number of carbonyl (C=O) groups excluding carboxylic acids is 1. The minimum atomic E-state index is -0.300. The van der Waals surface area contributed by atoms with Gasteiger partial charge in [0.15, 0.2) is 0 Å². The van der Waals surface area contributed by atoms with Gasteiger partial charge in [-0.2, -0.15) is 11.8 Å². The summed E-state index contributed by atoms with van der Waals surface area (Å²) in [5.41, 5.74) is -0.300. The van der Waals surface area contributed by atoms with Gasteiger partial charge in [-0.05, 0) is 50.8 Å². The molecular formula is C16H28N2O2S. The zero-order valence-electron chi connectivity index (χ0n) is 13.1. The van der Waals surface area contributed by atoms with Gasteiger partial charge in [-0.15, -0.1) is 0 Å². The molecule has 0 aromatic heterocycles. The van der Waals surface area contributed by atoms with Crippen molar-refractivity contribution in [2.24, 2.45) is 0 Å². The Morgan fingerprint density at radius 2 is 2.33 bits per heavy atom. The van der Waals surface area contributed by atoms with E-state index in [1.807, 2.05) is 11.8 Å². The van der Waals surface area contributed by atoms with Crippen molar-refractivity contribution in [3.63, 3.8) is 0 Å². The normalized spacial score (nSPS) is 36.2. The predicted octanol–water partition coefficient (Wildman–Crippen LogP) is 2.03. The molecule has 0 bridgehead atoms. The van der Waals surface area contributed by atoms with E-state index in [-0.39, 0.29) is 11.6 Å². The Kier molecular flexibility index (Phi) is 5.12. The number of hydrogen-bond acceptors (Lipinski definition) is 4. The van der Waals surface area contributed by atoms with Crippen molar-refractivity contribution >= 4 is 17.7 Å². The van der Waals surface area contributed by atoms with Gasteiger partial charge in [0.1, 0.15) is 0 Å².